The molecule has 94 valence electrons. The summed E-state index contributed by atoms with van der Waals surface area (Å²) in [6, 6.07) is 6.77. The number of hydrogen-bond acceptors (Lipinski definition) is 4. The first-order chi connectivity index (χ1) is 8.56. The molecule has 0 saturated heterocycles. The number of benzene rings is 1. The van der Waals surface area contributed by atoms with Crippen molar-refractivity contribution in [3.63, 3.8) is 0 Å². The Morgan fingerprint density at radius 1 is 1.56 bits per heavy atom. The van der Waals surface area contributed by atoms with Crippen LogP contribution in [0.5, 0.6) is 0 Å². The number of amides is 1. The Morgan fingerprint density at radius 3 is 2.89 bits per heavy atom. The van der Waals surface area contributed by atoms with Crippen molar-refractivity contribution >= 4 is 50.5 Å². The van der Waals surface area contributed by atoms with Crippen LogP contribution in [0.1, 0.15) is 11.0 Å². The van der Waals surface area contributed by atoms with Gasteiger partial charge in [0.15, 0.2) is 6.04 Å². The minimum Gasteiger partial charge on any atom is -0.368 e. The normalized spacial score (nSPS) is 12.1. The van der Waals surface area contributed by atoms with Gasteiger partial charge >= 0.3 is 0 Å². The highest BCUT2D eigenvalue weighted by Crippen LogP contribution is 2.27. The number of nitrogens with zero attached hydrogens (tertiary/aromatic N) is 1. The standard InChI is InChI=1S/C11H9BrClN3OS/c12-6-2-1-3-7(4-6)16-9(10(14)17)11-15-5-8(13)18-11/h1-5,9,16H,(H2,14,17). The van der Waals surface area contributed by atoms with E-state index in [1.165, 1.54) is 17.5 Å². The predicted octanol–water partition coefficient (Wildman–Crippen LogP) is 3.20. The molecule has 0 spiro atoms. The third-order valence-corrected chi connectivity index (χ3v) is 3.84. The smallest absolute Gasteiger partial charge is 0.247 e. The number of carbonyl (C=O) groups excluding carboxylic acids is 1. The molecule has 1 heterocycles. The van der Waals surface area contributed by atoms with Gasteiger partial charge < -0.3 is 11.1 Å². The molecule has 1 aromatic heterocycles. The second-order valence-corrected chi connectivity index (χ2v) is 6.10. The van der Waals surface area contributed by atoms with Gasteiger partial charge in [-0.05, 0) is 18.2 Å². The van der Waals surface area contributed by atoms with Crippen molar-refractivity contribution in [2.24, 2.45) is 5.73 Å². The molecule has 2 aromatic rings. The molecule has 2 rings (SSSR count). The van der Waals surface area contributed by atoms with Gasteiger partial charge in [-0.2, -0.15) is 0 Å². The number of rotatable bonds is 4. The first-order valence-corrected chi connectivity index (χ1v) is 6.97. The molecule has 0 aliphatic heterocycles. The summed E-state index contributed by atoms with van der Waals surface area (Å²) in [5.74, 6) is -0.499. The van der Waals surface area contributed by atoms with Gasteiger partial charge in [-0.15, -0.1) is 11.3 Å². The summed E-state index contributed by atoms with van der Waals surface area (Å²) >= 11 is 10.4. The zero-order valence-electron chi connectivity index (χ0n) is 9.06. The summed E-state index contributed by atoms with van der Waals surface area (Å²) in [6.45, 7) is 0. The van der Waals surface area contributed by atoms with Crippen LogP contribution in [0.2, 0.25) is 4.34 Å². The Labute approximate surface area is 121 Å². The Morgan fingerprint density at radius 2 is 2.33 bits per heavy atom. The summed E-state index contributed by atoms with van der Waals surface area (Å²) in [5.41, 5.74) is 6.15. The number of anilines is 1. The predicted molar refractivity (Wildman–Crippen MR) is 76.8 cm³/mol. The fraction of sp³-hybridized carbons (Fsp3) is 0.0909. The number of carbonyl (C=O) groups is 1. The van der Waals surface area contributed by atoms with Crippen LogP contribution < -0.4 is 11.1 Å². The highest BCUT2D eigenvalue weighted by Gasteiger charge is 2.21. The maximum atomic E-state index is 11.5. The number of aromatic nitrogens is 1. The molecule has 3 N–H and O–H groups in total. The number of hydrogen-bond donors (Lipinski definition) is 2. The second kappa shape index (κ2) is 5.69. The molecule has 1 unspecified atom stereocenters. The molecule has 1 atom stereocenters. The fourth-order valence-corrected chi connectivity index (χ4v) is 2.79. The molecule has 0 radical (unpaired) electrons. The average Bonchev–Trinajstić information content (AvgIpc) is 2.72. The Balaban J connectivity index is 2.24. The third kappa shape index (κ3) is 3.22. The molecule has 0 saturated carbocycles. The number of thiazole rings is 1. The van der Waals surface area contributed by atoms with E-state index in [9.17, 15) is 4.79 Å². The number of primary amides is 1. The molecule has 0 fully saturated rings. The first-order valence-electron chi connectivity index (χ1n) is 4.99. The number of nitrogens with one attached hydrogen (secondary N) is 1. The summed E-state index contributed by atoms with van der Waals surface area (Å²) < 4.78 is 1.43. The van der Waals surface area contributed by atoms with Crippen molar-refractivity contribution in [3.8, 4) is 0 Å². The van der Waals surface area contributed by atoms with Crippen LogP contribution in [0, 0.1) is 0 Å². The van der Waals surface area contributed by atoms with Gasteiger partial charge in [0.05, 0.1) is 6.20 Å². The summed E-state index contributed by atoms with van der Waals surface area (Å²) in [6.07, 6.45) is 1.50. The van der Waals surface area contributed by atoms with Crippen LogP contribution in [0.4, 0.5) is 5.69 Å². The average molecular weight is 347 g/mol. The first kappa shape index (κ1) is 13.3. The van der Waals surface area contributed by atoms with E-state index in [4.69, 9.17) is 17.3 Å². The van der Waals surface area contributed by atoms with Crippen LogP contribution in [-0.4, -0.2) is 10.9 Å². The largest absolute Gasteiger partial charge is 0.368 e. The van der Waals surface area contributed by atoms with E-state index in [0.29, 0.717) is 9.34 Å². The lowest BCUT2D eigenvalue weighted by Gasteiger charge is -2.14. The summed E-state index contributed by atoms with van der Waals surface area (Å²) in [7, 11) is 0. The third-order valence-electron chi connectivity index (χ3n) is 2.16. The SMILES string of the molecule is NC(=O)C(Nc1cccc(Br)c1)c1ncc(Cl)s1. The monoisotopic (exact) mass is 345 g/mol. The van der Waals surface area contributed by atoms with Crippen molar-refractivity contribution < 1.29 is 4.79 Å². The minimum absolute atomic E-state index is 0.499. The van der Waals surface area contributed by atoms with Crippen molar-refractivity contribution in [3.05, 3.63) is 44.3 Å². The second-order valence-electron chi connectivity index (χ2n) is 3.49. The van der Waals surface area contributed by atoms with Crippen LogP contribution in [-0.2, 0) is 4.79 Å². The van der Waals surface area contributed by atoms with Gasteiger partial charge in [0.1, 0.15) is 9.34 Å². The van der Waals surface area contributed by atoms with Crippen LogP contribution in [0.25, 0.3) is 0 Å². The van der Waals surface area contributed by atoms with Gasteiger partial charge in [-0.3, -0.25) is 4.79 Å². The van der Waals surface area contributed by atoms with Gasteiger partial charge in [-0.1, -0.05) is 33.6 Å². The summed E-state index contributed by atoms with van der Waals surface area (Å²) in [5, 5.41) is 3.58. The molecule has 0 bridgehead atoms. The van der Waals surface area contributed by atoms with Gasteiger partial charge in [-0.25, -0.2) is 4.98 Å². The van der Waals surface area contributed by atoms with E-state index in [-0.39, 0.29) is 0 Å². The maximum absolute atomic E-state index is 11.5. The van der Waals surface area contributed by atoms with E-state index in [1.807, 2.05) is 24.3 Å². The van der Waals surface area contributed by atoms with Crippen molar-refractivity contribution in [1.29, 1.82) is 0 Å². The van der Waals surface area contributed by atoms with Crippen molar-refractivity contribution in [2.45, 2.75) is 6.04 Å². The molecule has 0 aliphatic rings. The van der Waals surface area contributed by atoms with Gasteiger partial charge in [0.25, 0.3) is 0 Å². The molecule has 7 heteroatoms. The maximum Gasteiger partial charge on any atom is 0.247 e. The Bertz CT molecular complexity index is 575. The lowest BCUT2D eigenvalue weighted by Crippen LogP contribution is -2.27. The lowest BCUT2D eigenvalue weighted by atomic mass is 10.2. The van der Waals surface area contributed by atoms with Gasteiger partial charge in [0, 0.05) is 10.2 Å². The van der Waals surface area contributed by atoms with Crippen LogP contribution in [0.15, 0.2) is 34.9 Å². The van der Waals surface area contributed by atoms with Crippen LogP contribution in [0.3, 0.4) is 0 Å². The highest BCUT2D eigenvalue weighted by atomic mass is 79.9. The minimum atomic E-state index is -0.684. The van der Waals surface area contributed by atoms with Crippen LogP contribution >= 0.6 is 38.9 Å². The lowest BCUT2D eigenvalue weighted by molar-refractivity contribution is -0.118. The number of halogens is 2. The Hall–Kier alpha value is -1.11. The summed E-state index contributed by atoms with van der Waals surface area (Å²) in [4.78, 5) is 15.5. The topological polar surface area (TPSA) is 68.0 Å². The van der Waals surface area contributed by atoms with E-state index < -0.39 is 11.9 Å². The molecular formula is C11H9BrClN3OS. The highest BCUT2D eigenvalue weighted by molar-refractivity contribution is 9.10. The molecule has 0 aliphatic carbocycles. The fourth-order valence-electron chi connectivity index (χ4n) is 1.40. The van der Waals surface area contributed by atoms with E-state index >= 15 is 0 Å². The molecule has 1 aromatic carbocycles. The molecule has 18 heavy (non-hydrogen) atoms. The molecule has 4 nitrogen and oxygen atoms in total. The van der Waals surface area contributed by atoms with E-state index in [0.717, 1.165) is 10.2 Å². The quantitative estimate of drug-likeness (QED) is 0.893. The molecular weight excluding hydrogens is 338 g/mol. The van der Waals surface area contributed by atoms with E-state index in [2.05, 4.69) is 26.2 Å². The zero-order chi connectivity index (χ0) is 13.1. The zero-order valence-corrected chi connectivity index (χ0v) is 12.2. The number of nitrogens with two attached hydrogens (primary N) is 1. The van der Waals surface area contributed by atoms with Crippen molar-refractivity contribution in [2.75, 3.05) is 5.32 Å². The van der Waals surface area contributed by atoms with E-state index in [1.54, 1.807) is 0 Å². The van der Waals surface area contributed by atoms with Gasteiger partial charge in [0.2, 0.25) is 5.91 Å². The Kier molecular flexibility index (Phi) is 4.21. The van der Waals surface area contributed by atoms with Crippen molar-refractivity contribution in [1.82, 2.24) is 4.98 Å². The molecule has 1 amide bonds.